The van der Waals surface area contributed by atoms with E-state index in [1.807, 2.05) is 11.0 Å². The normalized spacial score (nSPS) is 15.1. The number of hydrogen-bond acceptors (Lipinski definition) is 5. The largest absolute Gasteiger partial charge is 0.368 e. The van der Waals surface area contributed by atoms with Crippen molar-refractivity contribution in [2.24, 2.45) is 5.73 Å². The van der Waals surface area contributed by atoms with Crippen molar-refractivity contribution in [1.29, 1.82) is 0 Å². The quantitative estimate of drug-likeness (QED) is 0.645. The summed E-state index contributed by atoms with van der Waals surface area (Å²) in [6.07, 6.45) is 1.21. The molecule has 1 fully saturated rings. The highest BCUT2D eigenvalue weighted by molar-refractivity contribution is 5.76. The lowest BCUT2D eigenvalue weighted by Gasteiger charge is -2.36. The molecule has 21 heavy (non-hydrogen) atoms. The van der Waals surface area contributed by atoms with E-state index in [-0.39, 0.29) is 11.6 Å². The van der Waals surface area contributed by atoms with Gasteiger partial charge in [0.25, 0.3) is 5.69 Å². The van der Waals surface area contributed by atoms with Crippen LogP contribution in [0.2, 0.25) is 0 Å². The van der Waals surface area contributed by atoms with Crippen LogP contribution in [0.25, 0.3) is 0 Å². The number of amides is 1. The van der Waals surface area contributed by atoms with Crippen LogP contribution in [-0.2, 0) is 4.79 Å². The number of carbonyl (C=O) groups is 1. The third-order valence-electron chi connectivity index (χ3n) is 3.63. The van der Waals surface area contributed by atoms with E-state index >= 15 is 0 Å². The van der Waals surface area contributed by atoms with E-state index < -0.39 is 4.92 Å². The first kappa shape index (κ1) is 15.2. The van der Waals surface area contributed by atoms with Crippen molar-refractivity contribution in [2.75, 3.05) is 37.6 Å². The van der Waals surface area contributed by atoms with Crippen molar-refractivity contribution < 1.29 is 9.72 Å². The summed E-state index contributed by atoms with van der Waals surface area (Å²) < 4.78 is 0. The van der Waals surface area contributed by atoms with Gasteiger partial charge >= 0.3 is 0 Å². The van der Waals surface area contributed by atoms with Crippen LogP contribution >= 0.6 is 0 Å². The molecule has 0 atom stereocenters. The molecule has 114 valence electrons. The number of hydrogen-bond donors (Lipinski definition) is 1. The zero-order valence-electron chi connectivity index (χ0n) is 11.9. The fraction of sp³-hybridized carbons (Fsp3) is 0.500. The van der Waals surface area contributed by atoms with Crippen LogP contribution in [0.4, 0.5) is 11.4 Å². The standard InChI is InChI=1S/C14H20N4O3/c15-6-2-5-14(19)17-9-7-16(8-10-17)12-3-1-4-13(11-12)18(20)21/h1,3-4,11H,2,5-10,15H2. The topological polar surface area (TPSA) is 92.7 Å². The molecule has 0 aliphatic carbocycles. The Kier molecular flexibility index (Phi) is 5.10. The molecule has 2 rings (SSSR count). The van der Waals surface area contributed by atoms with Gasteiger partial charge in [0.1, 0.15) is 0 Å². The minimum Gasteiger partial charge on any atom is -0.368 e. The number of nitro groups is 1. The lowest BCUT2D eigenvalue weighted by atomic mass is 10.2. The Morgan fingerprint density at radius 1 is 1.29 bits per heavy atom. The maximum absolute atomic E-state index is 11.9. The zero-order valence-corrected chi connectivity index (χ0v) is 11.9. The van der Waals surface area contributed by atoms with Crippen LogP contribution in [0.1, 0.15) is 12.8 Å². The van der Waals surface area contributed by atoms with E-state index in [1.165, 1.54) is 6.07 Å². The Balaban J connectivity index is 1.93. The summed E-state index contributed by atoms with van der Waals surface area (Å²) in [4.78, 5) is 26.2. The summed E-state index contributed by atoms with van der Waals surface area (Å²) in [6, 6.07) is 6.60. The third kappa shape index (κ3) is 3.91. The van der Waals surface area contributed by atoms with Gasteiger partial charge in [0, 0.05) is 50.4 Å². The summed E-state index contributed by atoms with van der Waals surface area (Å²) in [6.45, 7) is 3.20. The summed E-state index contributed by atoms with van der Waals surface area (Å²) in [5.41, 5.74) is 6.33. The number of non-ortho nitro benzene ring substituents is 1. The first-order valence-electron chi connectivity index (χ1n) is 7.09. The van der Waals surface area contributed by atoms with Crippen molar-refractivity contribution in [3.63, 3.8) is 0 Å². The second-order valence-electron chi connectivity index (χ2n) is 5.04. The van der Waals surface area contributed by atoms with E-state index in [0.717, 1.165) is 5.69 Å². The molecule has 0 radical (unpaired) electrons. The van der Waals surface area contributed by atoms with Gasteiger partial charge in [0.2, 0.25) is 5.91 Å². The van der Waals surface area contributed by atoms with Crippen LogP contribution in [0.3, 0.4) is 0 Å². The van der Waals surface area contributed by atoms with Gasteiger partial charge in [-0.1, -0.05) is 6.07 Å². The summed E-state index contributed by atoms with van der Waals surface area (Å²) >= 11 is 0. The SMILES string of the molecule is NCCCC(=O)N1CCN(c2cccc([N+](=O)[O-])c2)CC1. The maximum Gasteiger partial charge on any atom is 0.271 e. The average Bonchev–Trinajstić information content (AvgIpc) is 2.53. The highest BCUT2D eigenvalue weighted by atomic mass is 16.6. The number of nitrogens with two attached hydrogens (primary N) is 1. The zero-order chi connectivity index (χ0) is 15.2. The molecule has 0 aromatic heterocycles. The van der Waals surface area contributed by atoms with Gasteiger partial charge in [-0.25, -0.2) is 0 Å². The molecule has 7 nitrogen and oxygen atoms in total. The minimum atomic E-state index is -0.393. The molecule has 0 spiro atoms. The lowest BCUT2D eigenvalue weighted by Crippen LogP contribution is -2.48. The number of anilines is 1. The first-order valence-corrected chi connectivity index (χ1v) is 7.09. The van der Waals surface area contributed by atoms with Crippen LogP contribution in [0.5, 0.6) is 0 Å². The van der Waals surface area contributed by atoms with Gasteiger partial charge in [-0.05, 0) is 19.0 Å². The Labute approximate surface area is 123 Å². The van der Waals surface area contributed by atoms with Gasteiger partial charge in [-0.2, -0.15) is 0 Å². The van der Waals surface area contributed by atoms with Crippen LogP contribution < -0.4 is 10.6 Å². The van der Waals surface area contributed by atoms with E-state index in [4.69, 9.17) is 5.73 Å². The fourth-order valence-corrected chi connectivity index (χ4v) is 2.43. The molecule has 0 saturated carbocycles. The number of nitrogens with zero attached hydrogens (tertiary/aromatic N) is 3. The molecule has 1 aromatic carbocycles. The maximum atomic E-state index is 11.9. The Bertz CT molecular complexity index is 513. The van der Waals surface area contributed by atoms with Gasteiger partial charge in [0.05, 0.1) is 4.92 Å². The Morgan fingerprint density at radius 2 is 2.00 bits per heavy atom. The van der Waals surface area contributed by atoms with Crippen LogP contribution in [-0.4, -0.2) is 48.5 Å². The van der Waals surface area contributed by atoms with Gasteiger partial charge in [0.15, 0.2) is 0 Å². The monoisotopic (exact) mass is 292 g/mol. The van der Waals surface area contributed by atoms with Crippen LogP contribution in [0, 0.1) is 10.1 Å². The second-order valence-corrected chi connectivity index (χ2v) is 5.04. The molecule has 7 heteroatoms. The van der Waals surface area contributed by atoms with Gasteiger partial charge < -0.3 is 15.5 Å². The number of rotatable bonds is 5. The molecule has 1 amide bonds. The molecule has 1 saturated heterocycles. The van der Waals surface area contributed by atoms with Crippen molar-refractivity contribution >= 4 is 17.3 Å². The van der Waals surface area contributed by atoms with E-state index in [9.17, 15) is 14.9 Å². The highest BCUT2D eigenvalue weighted by Crippen LogP contribution is 2.22. The van der Waals surface area contributed by atoms with Gasteiger partial charge in [-0.15, -0.1) is 0 Å². The van der Waals surface area contributed by atoms with Crippen molar-refractivity contribution in [2.45, 2.75) is 12.8 Å². The minimum absolute atomic E-state index is 0.0916. The number of nitro benzene ring substituents is 1. The second kappa shape index (κ2) is 7.03. The lowest BCUT2D eigenvalue weighted by molar-refractivity contribution is -0.384. The summed E-state index contributed by atoms with van der Waals surface area (Å²) in [5.74, 6) is 0.138. The van der Waals surface area contributed by atoms with E-state index in [1.54, 1.807) is 12.1 Å². The molecule has 1 aliphatic rings. The third-order valence-corrected chi connectivity index (χ3v) is 3.63. The molecular weight excluding hydrogens is 272 g/mol. The average molecular weight is 292 g/mol. The fourth-order valence-electron chi connectivity index (χ4n) is 2.43. The molecule has 2 N–H and O–H groups in total. The van der Waals surface area contributed by atoms with E-state index in [2.05, 4.69) is 4.90 Å². The highest BCUT2D eigenvalue weighted by Gasteiger charge is 2.21. The predicted molar refractivity (Wildman–Crippen MR) is 80.2 cm³/mol. The van der Waals surface area contributed by atoms with Crippen molar-refractivity contribution in [1.82, 2.24) is 4.90 Å². The van der Waals surface area contributed by atoms with Crippen LogP contribution in [0.15, 0.2) is 24.3 Å². The molecule has 1 aliphatic heterocycles. The number of carbonyl (C=O) groups excluding carboxylic acids is 1. The summed E-state index contributed by atoms with van der Waals surface area (Å²) in [5, 5.41) is 10.8. The molecule has 0 bridgehead atoms. The molecule has 1 aromatic rings. The number of benzene rings is 1. The van der Waals surface area contributed by atoms with Gasteiger partial charge in [-0.3, -0.25) is 14.9 Å². The number of piperazine rings is 1. The molecule has 0 unspecified atom stereocenters. The Morgan fingerprint density at radius 3 is 2.62 bits per heavy atom. The van der Waals surface area contributed by atoms with Crippen molar-refractivity contribution in [3.8, 4) is 0 Å². The first-order chi connectivity index (χ1) is 10.1. The smallest absolute Gasteiger partial charge is 0.271 e. The summed E-state index contributed by atoms with van der Waals surface area (Å²) in [7, 11) is 0. The molecular formula is C14H20N4O3. The van der Waals surface area contributed by atoms with E-state index in [0.29, 0.717) is 45.6 Å². The van der Waals surface area contributed by atoms with Crippen molar-refractivity contribution in [3.05, 3.63) is 34.4 Å². The Hall–Kier alpha value is -2.15. The predicted octanol–water partition coefficient (Wildman–Crippen LogP) is 0.982. The molecule has 1 heterocycles.